The number of carbonyl (C=O) groups is 1. The lowest BCUT2D eigenvalue weighted by Crippen LogP contribution is -2.54. The number of nitriles is 1. The molecule has 0 atom stereocenters. The first kappa shape index (κ1) is 22.0. The average molecular weight is 415 g/mol. The molecule has 1 aromatic carbocycles. The van der Waals surface area contributed by atoms with Gasteiger partial charge in [-0.05, 0) is 44.4 Å². The van der Waals surface area contributed by atoms with Crippen molar-refractivity contribution in [2.24, 2.45) is 4.99 Å². The molecule has 0 spiro atoms. The van der Waals surface area contributed by atoms with Crippen molar-refractivity contribution in [1.82, 2.24) is 20.0 Å². The van der Waals surface area contributed by atoms with E-state index >= 15 is 0 Å². The number of nitrogens with zero attached hydrogens (tertiary/aromatic N) is 5. The molecular weight excluding hydrogens is 383 g/mol. The van der Waals surface area contributed by atoms with E-state index in [4.69, 9.17) is 5.26 Å². The summed E-state index contributed by atoms with van der Waals surface area (Å²) in [6.45, 7) is 8.27. The van der Waals surface area contributed by atoms with E-state index in [2.05, 4.69) is 20.1 Å². The fourth-order valence-electron chi connectivity index (χ4n) is 3.90. The van der Waals surface area contributed by atoms with Gasteiger partial charge < -0.3 is 15.1 Å². The van der Waals surface area contributed by atoms with Crippen LogP contribution in [0.25, 0.3) is 0 Å². The van der Waals surface area contributed by atoms with Crippen molar-refractivity contribution in [2.75, 3.05) is 52.4 Å². The maximum atomic E-state index is 14.1. The highest BCUT2D eigenvalue weighted by Gasteiger charge is 2.24. The van der Waals surface area contributed by atoms with Crippen LogP contribution in [0.15, 0.2) is 23.2 Å². The van der Waals surface area contributed by atoms with Crippen LogP contribution in [0.4, 0.5) is 4.39 Å². The van der Waals surface area contributed by atoms with E-state index in [1.54, 1.807) is 6.07 Å². The molecule has 0 saturated carbocycles. The number of piperidine rings is 1. The van der Waals surface area contributed by atoms with Crippen molar-refractivity contribution in [2.45, 2.75) is 32.7 Å². The van der Waals surface area contributed by atoms with Crippen molar-refractivity contribution in [3.8, 4) is 6.07 Å². The van der Waals surface area contributed by atoms with Gasteiger partial charge in [0.1, 0.15) is 5.82 Å². The normalized spacial score (nSPS) is 18.2. The van der Waals surface area contributed by atoms with Crippen molar-refractivity contribution >= 4 is 11.9 Å². The maximum Gasteiger partial charge on any atom is 0.236 e. The Balaban J connectivity index is 1.55. The van der Waals surface area contributed by atoms with Gasteiger partial charge in [0.2, 0.25) is 5.91 Å². The lowest BCUT2D eigenvalue weighted by molar-refractivity contribution is -0.133. The number of piperazine rings is 1. The van der Waals surface area contributed by atoms with E-state index in [-0.39, 0.29) is 18.3 Å². The van der Waals surface area contributed by atoms with Crippen LogP contribution in [0.1, 0.15) is 37.3 Å². The minimum Gasteiger partial charge on any atom is -0.357 e. The van der Waals surface area contributed by atoms with Crippen molar-refractivity contribution in [1.29, 1.82) is 5.26 Å². The highest BCUT2D eigenvalue weighted by atomic mass is 19.1. The third kappa shape index (κ3) is 5.92. The SMILES string of the molecule is CCNC(=NCc1cc(C#N)ccc1F)N1CCN(CC(=O)N2CCCCC2)CC1. The minimum atomic E-state index is -0.352. The van der Waals surface area contributed by atoms with Crippen LogP contribution in [0.2, 0.25) is 0 Å². The van der Waals surface area contributed by atoms with Gasteiger partial charge in [-0.3, -0.25) is 9.69 Å². The Morgan fingerprint density at radius 3 is 2.53 bits per heavy atom. The van der Waals surface area contributed by atoms with Crippen LogP contribution >= 0.6 is 0 Å². The topological polar surface area (TPSA) is 75.0 Å². The van der Waals surface area contributed by atoms with Crippen molar-refractivity contribution in [3.63, 3.8) is 0 Å². The maximum absolute atomic E-state index is 14.1. The number of aliphatic imine (C=N–C) groups is 1. The average Bonchev–Trinajstić information content (AvgIpc) is 2.79. The van der Waals surface area contributed by atoms with Crippen LogP contribution in [-0.4, -0.2) is 78.9 Å². The number of nitrogens with one attached hydrogen (secondary N) is 1. The van der Waals surface area contributed by atoms with Gasteiger partial charge >= 0.3 is 0 Å². The van der Waals surface area contributed by atoms with E-state index in [0.29, 0.717) is 24.2 Å². The number of likely N-dealkylation sites (tertiary alicyclic amines) is 1. The highest BCUT2D eigenvalue weighted by molar-refractivity contribution is 5.80. The summed E-state index contributed by atoms with van der Waals surface area (Å²) < 4.78 is 14.1. The first-order valence-corrected chi connectivity index (χ1v) is 10.8. The molecule has 0 bridgehead atoms. The third-order valence-corrected chi connectivity index (χ3v) is 5.65. The number of rotatable bonds is 5. The van der Waals surface area contributed by atoms with Crippen molar-refractivity contribution < 1.29 is 9.18 Å². The van der Waals surface area contributed by atoms with Gasteiger partial charge in [0, 0.05) is 51.4 Å². The Morgan fingerprint density at radius 2 is 1.87 bits per heavy atom. The van der Waals surface area contributed by atoms with E-state index in [1.165, 1.54) is 18.6 Å². The van der Waals surface area contributed by atoms with Gasteiger partial charge in [0.05, 0.1) is 24.7 Å². The monoisotopic (exact) mass is 414 g/mol. The Hall–Kier alpha value is -2.66. The summed E-state index contributed by atoms with van der Waals surface area (Å²) in [6, 6.07) is 6.37. The second-order valence-electron chi connectivity index (χ2n) is 7.79. The van der Waals surface area contributed by atoms with Crippen LogP contribution in [0, 0.1) is 17.1 Å². The standard InChI is InChI=1S/C22H31FN6O/c1-2-25-22(26-16-19-14-18(15-24)6-7-20(19)23)29-12-10-27(11-13-29)17-21(30)28-8-4-3-5-9-28/h6-7,14H,2-5,8-13,16-17H2,1H3,(H,25,26). The third-order valence-electron chi connectivity index (χ3n) is 5.65. The summed E-state index contributed by atoms with van der Waals surface area (Å²) in [5.41, 5.74) is 0.841. The molecule has 1 amide bonds. The zero-order chi connectivity index (χ0) is 21.3. The second kappa shape index (κ2) is 10.9. The molecule has 2 heterocycles. The number of benzene rings is 1. The fraction of sp³-hybridized carbons (Fsp3) is 0.591. The molecule has 1 aromatic rings. The zero-order valence-corrected chi connectivity index (χ0v) is 17.7. The summed E-state index contributed by atoms with van der Waals surface area (Å²) in [6.07, 6.45) is 3.44. The van der Waals surface area contributed by atoms with Gasteiger partial charge in [-0.1, -0.05) is 0 Å². The lowest BCUT2D eigenvalue weighted by Gasteiger charge is -2.37. The Bertz CT molecular complexity index is 791. The Morgan fingerprint density at radius 1 is 1.13 bits per heavy atom. The number of guanidine groups is 1. The lowest BCUT2D eigenvalue weighted by atomic mass is 10.1. The molecule has 30 heavy (non-hydrogen) atoms. The smallest absolute Gasteiger partial charge is 0.236 e. The molecule has 2 aliphatic heterocycles. The largest absolute Gasteiger partial charge is 0.357 e. The zero-order valence-electron chi connectivity index (χ0n) is 17.7. The first-order valence-electron chi connectivity index (χ1n) is 10.8. The molecule has 0 aromatic heterocycles. The number of halogens is 1. The van der Waals surface area contributed by atoms with Gasteiger partial charge in [-0.25, -0.2) is 9.38 Å². The summed E-state index contributed by atoms with van der Waals surface area (Å²) in [5, 5.41) is 12.3. The predicted octanol–water partition coefficient (Wildman–Crippen LogP) is 1.79. The van der Waals surface area contributed by atoms with Gasteiger partial charge in [-0.2, -0.15) is 5.26 Å². The Labute approximate surface area is 178 Å². The summed E-state index contributed by atoms with van der Waals surface area (Å²) >= 11 is 0. The fourth-order valence-corrected chi connectivity index (χ4v) is 3.90. The second-order valence-corrected chi connectivity index (χ2v) is 7.79. The van der Waals surface area contributed by atoms with E-state index < -0.39 is 0 Å². The molecule has 0 unspecified atom stereocenters. The van der Waals surface area contributed by atoms with E-state index in [9.17, 15) is 9.18 Å². The molecule has 162 valence electrons. The minimum absolute atomic E-state index is 0.178. The number of hydrogen-bond acceptors (Lipinski definition) is 4. The van der Waals surface area contributed by atoms with Crippen LogP contribution in [0.3, 0.4) is 0 Å². The molecule has 2 fully saturated rings. The molecule has 2 aliphatic rings. The van der Waals surface area contributed by atoms with Crippen LogP contribution in [0.5, 0.6) is 0 Å². The first-order chi connectivity index (χ1) is 14.6. The van der Waals surface area contributed by atoms with Gasteiger partial charge in [-0.15, -0.1) is 0 Å². The quantitative estimate of drug-likeness (QED) is 0.587. The van der Waals surface area contributed by atoms with Gasteiger partial charge in [0.25, 0.3) is 0 Å². The molecule has 3 rings (SSSR count). The number of amides is 1. The molecule has 1 N–H and O–H groups in total. The van der Waals surface area contributed by atoms with Gasteiger partial charge in [0.15, 0.2) is 5.96 Å². The van der Waals surface area contributed by atoms with E-state index in [1.807, 2.05) is 17.9 Å². The highest BCUT2D eigenvalue weighted by Crippen LogP contribution is 2.13. The number of carbonyl (C=O) groups excluding carboxylic acids is 1. The molecule has 8 heteroatoms. The number of hydrogen-bond donors (Lipinski definition) is 1. The van der Waals surface area contributed by atoms with Crippen LogP contribution in [-0.2, 0) is 11.3 Å². The Kier molecular flexibility index (Phi) is 8.03. The summed E-state index contributed by atoms with van der Waals surface area (Å²) in [4.78, 5) is 23.4. The molecular formula is C22H31FN6O. The predicted molar refractivity (Wildman–Crippen MR) is 114 cm³/mol. The summed E-state index contributed by atoms with van der Waals surface area (Å²) in [5.74, 6) is 0.618. The molecule has 7 nitrogen and oxygen atoms in total. The molecule has 2 saturated heterocycles. The summed E-state index contributed by atoms with van der Waals surface area (Å²) in [7, 11) is 0. The molecule has 0 aliphatic carbocycles. The molecule has 0 radical (unpaired) electrons. The van der Waals surface area contributed by atoms with Crippen LogP contribution < -0.4 is 5.32 Å². The van der Waals surface area contributed by atoms with E-state index in [0.717, 1.165) is 58.1 Å². The van der Waals surface area contributed by atoms with Crippen molar-refractivity contribution in [3.05, 3.63) is 35.1 Å².